The lowest BCUT2D eigenvalue weighted by molar-refractivity contribution is 0.174. The van der Waals surface area contributed by atoms with Crippen LogP contribution in [0.15, 0.2) is 53.3 Å². The van der Waals surface area contributed by atoms with Crippen LogP contribution in [0.25, 0.3) is 10.9 Å². The predicted molar refractivity (Wildman–Crippen MR) is 125 cm³/mol. The van der Waals surface area contributed by atoms with Crippen LogP contribution in [0.2, 0.25) is 0 Å². The number of aryl methyl sites for hydroxylation is 1. The number of H-pyrrole nitrogens is 1. The Balaban J connectivity index is 1.63. The third kappa shape index (κ3) is 4.67. The third-order valence-electron chi connectivity index (χ3n) is 6.27. The van der Waals surface area contributed by atoms with Gasteiger partial charge in [0.05, 0.1) is 17.7 Å². The van der Waals surface area contributed by atoms with Crippen molar-refractivity contribution in [1.29, 1.82) is 0 Å². The van der Waals surface area contributed by atoms with Crippen molar-refractivity contribution in [3.05, 3.63) is 75.8 Å². The number of fused-ring (bicyclic) bond motifs is 1. The number of carbonyl (C=O) groups is 1. The van der Waals surface area contributed by atoms with Crippen molar-refractivity contribution in [1.82, 2.24) is 14.8 Å². The fourth-order valence-corrected chi connectivity index (χ4v) is 4.50. The van der Waals surface area contributed by atoms with Gasteiger partial charge in [-0.2, -0.15) is 0 Å². The molecular formula is C25H29FN4O2. The molecule has 0 aliphatic carbocycles. The first-order valence-electron chi connectivity index (χ1n) is 11.1. The van der Waals surface area contributed by atoms with Gasteiger partial charge >= 0.3 is 6.03 Å². The van der Waals surface area contributed by atoms with E-state index in [0.717, 1.165) is 42.4 Å². The predicted octanol–water partition coefficient (Wildman–Crippen LogP) is 4.49. The molecule has 32 heavy (non-hydrogen) atoms. The van der Waals surface area contributed by atoms with Gasteiger partial charge < -0.3 is 15.2 Å². The Bertz CT molecular complexity index is 1180. The molecule has 1 fully saturated rings. The first-order chi connectivity index (χ1) is 15.5. The molecule has 0 unspecified atom stereocenters. The van der Waals surface area contributed by atoms with E-state index in [9.17, 15) is 14.0 Å². The Morgan fingerprint density at radius 3 is 2.84 bits per heavy atom. The molecule has 2 amide bonds. The number of pyridine rings is 1. The summed E-state index contributed by atoms with van der Waals surface area (Å²) in [6, 6.07) is 13.6. The molecular weight excluding hydrogens is 407 g/mol. The Morgan fingerprint density at radius 2 is 2.06 bits per heavy atom. The molecule has 2 aromatic carbocycles. The number of nitrogens with one attached hydrogen (secondary N) is 2. The number of rotatable bonds is 6. The topological polar surface area (TPSA) is 68.4 Å². The van der Waals surface area contributed by atoms with Gasteiger partial charge in [0.1, 0.15) is 5.82 Å². The Hall–Kier alpha value is -3.19. The number of anilines is 1. The standard InChI is InChI=1S/C25H29FN4O2/c1-3-29-13-7-10-20(29)16-30(25(32)27-22-12-5-4-11-21(22)26)15-19-14-18-9-6-8-17(2)23(18)28-24(19)31/h4-6,8-9,11-12,14,20H,3,7,10,13,15-16H2,1-2H3,(H,27,32)(H,28,31)/t20-/m0/s1. The maximum atomic E-state index is 14.1. The number of likely N-dealkylation sites (N-methyl/N-ethyl adjacent to an activating group) is 1. The molecule has 1 atom stereocenters. The number of carbonyl (C=O) groups excluding carboxylic acids is 1. The van der Waals surface area contributed by atoms with Crippen LogP contribution in [0.1, 0.15) is 30.9 Å². The fourth-order valence-electron chi connectivity index (χ4n) is 4.50. The number of hydrogen-bond donors (Lipinski definition) is 2. The van der Waals surface area contributed by atoms with E-state index in [-0.39, 0.29) is 23.8 Å². The summed E-state index contributed by atoms with van der Waals surface area (Å²) in [4.78, 5) is 33.0. The van der Waals surface area contributed by atoms with Crippen molar-refractivity contribution in [3.63, 3.8) is 0 Å². The fraction of sp³-hybridized carbons (Fsp3) is 0.360. The maximum Gasteiger partial charge on any atom is 0.322 e. The first kappa shape index (κ1) is 22.0. The second-order valence-corrected chi connectivity index (χ2v) is 8.38. The molecule has 0 bridgehead atoms. The van der Waals surface area contributed by atoms with Gasteiger partial charge in [-0.15, -0.1) is 0 Å². The van der Waals surface area contributed by atoms with E-state index in [1.54, 1.807) is 17.0 Å². The van der Waals surface area contributed by atoms with Crippen molar-refractivity contribution >= 4 is 22.6 Å². The van der Waals surface area contributed by atoms with Gasteiger partial charge in [0.2, 0.25) is 0 Å². The zero-order chi connectivity index (χ0) is 22.7. The van der Waals surface area contributed by atoms with Crippen molar-refractivity contribution in [2.24, 2.45) is 0 Å². The largest absolute Gasteiger partial charge is 0.322 e. The monoisotopic (exact) mass is 436 g/mol. The number of halogens is 1. The quantitative estimate of drug-likeness (QED) is 0.598. The molecule has 7 heteroatoms. The van der Waals surface area contributed by atoms with Gasteiger partial charge in [-0.25, -0.2) is 9.18 Å². The Labute approximate surface area is 187 Å². The van der Waals surface area contributed by atoms with E-state index in [4.69, 9.17) is 0 Å². The number of para-hydroxylation sites is 2. The van der Waals surface area contributed by atoms with E-state index < -0.39 is 11.8 Å². The molecule has 0 saturated carbocycles. The minimum Gasteiger partial charge on any atom is -0.321 e. The van der Waals surface area contributed by atoms with Gasteiger partial charge in [-0.3, -0.25) is 9.69 Å². The number of aromatic nitrogens is 1. The van der Waals surface area contributed by atoms with E-state index >= 15 is 0 Å². The zero-order valence-electron chi connectivity index (χ0n) is 18.5. The van der Waals surface area contributed by atoms with Crippen molar-refractivity contribution in [2.45, 2.75) is 39.3 Å². The molecule has 0 radical (unpaired) electrons. The average molecular weight is 437 g/mol. The molecule has 0 spiro atoms. The number of nitrogens with zero attached hydrogens (tertiary/aromatic N) is 2. The van der Waals surface area contributed by atoms with E-state index in [2.05, 4.69) is 22.1 Å². The summed E-state index contributed by atoms with van der Waals surface area (Å²) in [7, 11) is 0. The smallest absolute Gasteiger partial charge is 0.321 e. The summed E-state index contributed by atoms with van der Waals surface area (Å²) in [5.74, 6) is -0.490. The molecule has 4 rings (SSSR count). The highest BCUT2D eigenvalue weighted by molar-refractivity contribution is 5.89. The van der Waals surface area contributed by atoms with E-state index in [0.29, 0.717) is 12.1 Å². The SMILES string of the molecule is CCN1CCC[C@H]1CN(Cc1cc2cccc(C)c2[nH]c1=O)C(=O)Nc1ccccc1F. The molecule has 1 aromatic heterocycles. The van der Waals surface area contributed by atoms with Gasteiger partial charge in [-0.1, -0.05) is 37.3 Å². The summed E-state index contributed by atoms with van der Waals surface area (Å²) in [5, 5.41) is 3.61. The minimum absolute atomic E-state index is 0.129. The second kappa shape index (κ2) is 9.53. The number of likely N-dealkylation sites (tertiary alicyclic amines) is 1. The average Bonchev–Trinajstić information content (AvgIpc) is 3.23. The minimum atomic E-state index is -0.490. The summed E-state index contributed by atoms with van der Waals surface area (Å²) in [5.41, 5.74) is 2.22. The van der Waals surface area contributed by atoms with Crippen LogP contribution in [0, 0.1) is 12.7 Å². The van der Waals surface area contributed by atoms with Gasteiger partial charge in [0.25, 0.3) is 5.56 Å². The number of amides is 2. The molecule has 6 nitrogen and oxygen atoms in total. The lowest BCUT2D eigenvalue weighted by Crippen LogP contribution is -2.45. The van der Waals surface area contributed by atoms with Gasteiger partial charge in [0.15, 0.2) is 0 Å². The van der Waals surface area contributed by atoms with Crippen LogP contribution in [-0.2, 0) is 6.54 Å². The Morgan fingerprint density at radius 1 is 1.25 bits per heavy atom. The zero-order valence-corrected chi connectivity index (χ0v) is 18.5. The highest BCUT2D eigenvalue weighted by Crippen LogP contribution is 2.21. The second-order valence-electron chi connectivity index (χ2n) is 8.38. The summed E-state index contributed by atoms with van der Waals surface area (Å²) in [6.45, 7) is 6.58. The van der Waals surface area contributed by atoms with Crippen molar-refractivity contribution < 1.29 is 9.18 Å². The Kier molecular flexibility index (Phi) is 6.55. The number of urea groups is 1. The molecule has 1 saturated heterocycles. The molecule has 1 aliphatic heterocycles. The number of aromatic amines is 1. The lowest BCUT2D eigenvalue weighted by Gasteiger charge is -2.30. The van der Waals surface area contributed by atoms with Crippen LogP contribution in [0.4, 0.5) is 14.9 Å². The van der Waals surface area contributed by atoms with Crippen LogP contribution < -0.4 is 10.9 Å². The molecule has 2 heterocycles. The van der Waals surface area contributed by atoms with Gasteiger partial charge in [0, 0.05) is 18.2 Å². The third-order valence-corrected chi connectivity index (χ3v) is 6.27. The molecule has 168 valence electrons. The van der Waals surface area contributed by atoms with Crippen LogP contribution in [0.3, 0.4) is 0 Å². The van der Waals surface area contributed by atoms with E-state index in [1.165, 1.54) is 12.1 Å². The van der Waals surface area contributed by atoms with Crippen LogP contribution >= 0.6 is 0 Å². The maximum absolute atomic E-state index is 14.1. The lowest BCUT2D eigenvalue weighted by atomic mass is 10.1. The highest BCUT2D eigenvalue weighted by atomic mass is 19.1. The van der Waals surface area contributed by atoms with Crippen molar-refractivity contribution in [2.75, 3.05) is 25.0 Å². The number of hydrogen-bond acceptors (Lipinski definition) is 3. The molecule has 1 aliphatic rings. The van der Waals surface area contributed by atoms with E-state index in [1.807, 2.05) is 31.2 Å². The number of benzene rings is 2. The van der Waals surface area contributed by atoms with Crippen LogP contribution in [0.5, 0.6) is 0 Å². The molecule has 2 N–H and O–H groups in total. The first-order valence-corrected chi connectivity index (χ1v) is 11.1. The van der Waals surface area contributed by atoms with Crippen LogP contribution in [-0.4, -0.2) is 46.5 Å². The molecule has 3 aromatic rings. The van der Waals surface area contributed by atoms with Gasteiger partial charge in [-0.05, 0) is 62.0 Å². The van der Waals surface area contributed by atoms with Crippen molar-refractivity contribution in [3.8, 4) is 0 Å². The summed E-state index contributed by atoms with van der Waals surface area (Å²) >= 11 is 0. The summed E-state index contributed by atoms with van der Waals surface area (Å²) < 4.78 is 14.1. The highest BCUT2D eigenvalue weighted by Gasteiger charge is 2.28. The normalized spacial score (nSPS) is 16.4. The summed E-state index contributed by atoms with van der Waals surface area (Å²) in [6.07, 6.45) is 2.07.